The van der Waals surface area contributed by atoms with Gasteiger partial charge in [0, 0.05) is 25.0 Å². The smallest absolute Gasteiger partial charge is 0.244 e. The zero-order valence-electron chi connectivity index (χ0n) is 10.0. The second-order valence-corrected chi connectivity index (χ2v) is 7.34. The normalized spacial score (nSPS) is 31.1. The van der Waals surface area contributed by atoms with E-state index in [0.717, 1.165) is 19.5 Å². The molecule has 2 unspecified atom stereocenters. The van der Waals surface area contributed by atoms with Crippen molar-refractivity contribution in [2.24, 2.45) is 5.73 Å². The van der Waals surface area contributed by atoms with Gasteiger partial charge < -0.3 is 10.6 Å². The van der Waals surface area contributed by atoms with Crippen LogP contribution in [0.15, 0.2) is 0 Å². The van der Waals surface area contributed by atoms with Crippen LogP contribution in [0, 0.1) is 0 Å². The van der Waals surface area contributed by atoms with E-state index < -0.39 is 9.84 Å². The maximum Gasteiger partial charge on any atom is 0.244 e. The van der Waals surface area contributed by atoms with Crippen molar-refractivity contribution < 1.29 is 8.42 Å². The summed E-state index contributed by atoms with van der Waals surface area (Å²) in [5.74, 6) is 1.73. The second-order valence-electron chi connectivity index (χ2n) is 5.12. The van der Waals surface area contributed by atoms with Crippen molar-refractivity contribution in [2.45, 2.75) is 24.8 Å². The van der Waals surface area contributed by atoms with Crippen LogP contribution in [0.5, 0.6) is 0 Å². The summed E-state index contributed by atoms with van der Waals surface area (Å²) in [4.78, 5) is 6.45. The summed E-state index contributed by atoms with van der Waals surface area (Å²) in [6.45, 7) is 1.63. The molecule has 1 aromatic rings. The lowest BCUT2D eigenvalue weighted by atomic mass is 10.1. The Bertz CT molecular complexity index is 540. The van der Waals surface area contributed by atoms with Gasteiger partial charge in [-0.15, -0.1) is 5.10 Å². The Morgan fingerprint density at radius 1 is 1.39 bits per heavy atom. The molecule has 0 radical (unpaired) electrons. The van der Waals surface area contributed by atoms with Gasteiger partial charge >= 0.3 is 0 Å². The highest BCUT2D eigenvalue weighted by atomic mass is 32.2. The predicted octanol–water partition coefficient (Wildman–Crippen LogP) is -0.756. The lowest BCUT2D eigenvalue weighted by molar-refractivity contribution is 0.601. The van der Waals surface area contributed by atoms with E-state index in [0.29, 0.717) is 18.2 Å². The minimum atomic E-state index is -2.88. The van der Waals surface area contributed by atoms with Gasteiger partial charge in [-0.25, -0.2) is 8.42 Å². The van der Waals surface area contributed by atoms with Gasteiger partial charge in [0.15, 0.2) is 9.84 Å². The van der Waals surface area contributed by atoms with E-state index in [1.165, 1.54) is 0 Å². The number of anilines is 1. The molecule has 2 fully saturated rings. The summed E-state index contributed by atoms with van der Waals surface area (Å²) in [6, 6.07) is 0.179. The van der Waals surface area contributed by atoms with Crippen molar-refractivity contribution in [3.63, 3.8) is 0 Å². The number of aromatic nitrogens is 3. The lowest BCUT2D eigenvalue weighted by Gasteiger charge is -2.11. The fraction of sp³-hybridized carbons (Fsp3) is 0.800. The van der Waals surface area contributed by atoms with E-state index in [1.54, 1.807) is 0 Å². The van der Waals surface area contributed by atoms with E-state index >= 15 is 0 Å². The Morgan fingerprint density at radius 2 is 2.22 bits per heavy atom. The SMILES string of the molecule is NC1CCN(c2n[nH]c(C3CCS(=O)(=O)C3)n2)C1. The molecule has 0 amide bonds. The summed E-state index contributed by atoms with van der Waals surface area (Å²) in [6.07, 6.45) is 1.58. The third-order valence-electron chi connectivity index (χ3n) is 3.62. The predicted molar refractivity (Wildman–Crippen MR) is 67.2 cm³/mol. The quantitative estimate of drug-likeness (QED) is 0.733. The van der Waals surface area contributed by atoms with Gasteiger partial charge in [-0.05, 0) is 12.8 Å². The first-order valence-electron chi connectivity index (χ1n) is 6.17. The van der Waals surface area contributed by atoms with Crippen molar-refractivity contribution >= 4 is 15.8 Å². The Hall–Kier alpha value is -1.15. The molecule has 2 aliphatic rings. The Labute approximate surface area is 106 Å². The van der Waals surface area contributed by atoms with E-state index in [1.807, 2.05) is 4.90 Å². The minimum Gasteiger partial charge on any atom is -0.338 e. The molecule has 0 saturated carbocycles. The van der Waals surface area contributed by atoms with Gasteiger partial charge in [0.25, 0.3) is 0 Å². The summed E-state index contributed by atoms with van der Waals surface area (Å²) < 4.78 is 22.9. The van der Waals surface area contributed by atoms with Gasteiger partial charge in [-0.2, -0.15) is 4.98 Å². The first-order valence-corrected chi connectivity index (χ1v) is 7.99. The van der Waals surface area contributed by atoms with Crippen LogP contribution in [0.4, 0.5) is 5.95 Å². The molecule has 8 heteroatoms. The highest BCUT2D eigenvalue weighted by Gasteiger charge is 2.32. The molecule has 3 rings (SSSR count). The Balaban J connectivity index is 1.74. The maximum atomic E-state index is 11.4. The monoisotopic (exact) mass is 271 g/mol. The highest BCUT2D eigenvalue weighted by Crippen LogP contribution is 2.27. The molecular weight excluding hydrogens is 254 g/mol. The summed E-state index contributed by atoms with van der Waals surface area (Å²) >= 11 is 0. The largest absolute Gasteiger partial charge is 0.338 e. The molecule has 1 aromatic heterocycles. The van der Waals surface area contributed by atoms with Gasteiger partial charge in [-0.3, -0.25) is 5.10 Å². The van der Waals surface area contributed by atoms with Crippen LogP contribution in [0.2, 0.25) is 0 Å². The standard InChI is InChI=1S/C10H17N5O2S/c11-8-1-3-15(5-8)10-12-9(13-14-10)7-2-4-18(16,17)6-7/h7-8H,1-6,11H2,(H,12,13,14). The lowest BCUT2D eigenvalue weighted by Crippen LogP contribution is -2.27. The van der Waals surface area contributed by atoms with Gasteiger partial charge in [0.2, 0.25) is 5.95 Å². The van der Waals surface area contributed by atoms with Gasteiger partial charge in [-0.1, -0.05) is 0 Å². The van der Waals surface area contributed by atoms with Crippen LogP contribution in [0.25, 0.3) is 0 Å². The van der Waals surface area contributed by atoms with Crippen LogP contribution in [-0.2, 0) is 9.84 Å². The molecule has 3 N–H and O–H groups in total. The second kappa shape index (κ2) is 4.20. The number of sulfone groups is 1. The number of hydrogen-bond acceptors (Lipinski definition) is 6. The number of H-pyrrole nitrogens is 1. The van der Waals surface area contributed by atoms with E-state index in [4.69, 9.17) is 5.73 Å². The summed E-state index contributed by atoms with van der Waals surface area (Å²) in [5, 5.41) is 7.03. The molecule has 2 saturated heterocycles. The molecule has 0 spiro atoms. The number of nitrogens with one attached hydrogen (secondary N) is 1. The van der Waals surface area contributed by atoms with Crippen molar-refractivity contribution in [1.29, 1.82) is 0 Å². The van der Waals surface area contributed by atoms with Crippen molar-refractivity contribution in [3.05, 3.63) is 5.82 Å². The summed E-state index contributed by atoms with van der Waals surface area (Å²) in [5.41, 5.74) is 5.84. The van der Waals surface area contributed by atoms with Crippen LogP contribution in [-0.4, -0.2) is 54.2 Å². The zero-order chi connectivity index (χ0) is 12.8. The average Bonchev–Trinajstić information content (AvgIpc) is 2.96. The van der Waals surface area contributed by atoms with E-state index in [-0.39, 0.29) is 23.5 Å². The molecular formula is C10H17N5O2S. The number of nitrogens with two attached hydrogens (primary N) is 1. The number of rotatable bonds is 2. The fourth-order valence-electron chi connectivity index (χ4n) is 2.57. The molecule has 7 nitrogen and oxygen atoms in total. The van der Waals surface area contributed by atoms with Crippen LogP contribution < -0.4 is 10.6 Å². The third kappa shape index (κ3) is 2.22. The highest BCUT2D eigenvalue weighted by molar-refractivity contribution is 7.91. The molecule has 0 aromatic carbocycles. The minimum absolute atomic E-state index is 0.0347. The molecule has 2 atom stereocenters. The molecule has 0 bridgehead atoms. The third-order valence-corrected chi connectivity index (χ3v) is 5.39. The molecule has 0 aliphatic carbocycles. The first-order chi connectivity index (χ1) is 8.53. The van der Waals surface area contributed by atoms with Crippen molar-refractivity contribution in [1.82, 2.24) is 15.2 Å². The van der Waals surface area contributed by atoms with Crippen molar-refractivity contribution in [2.75, 3.05) is 29.5 Å². The molecule has 18 heavy (non-hydrogen) atoms. The zero-order valence-corrected chi connectivity index (χ0v) is 10.9. The number of nitrogens with zero attached hydrogens (tertiary/aromatic N) is 3. The number of aromatic amines is 1. The van der Waals surface area contributed by atoms with E-state index in [9.17, 15) is 8.42 Å². The number of hydrogen-bond donors (Lipinski definition) is 2. The fourth-order valence-corrected chi connectivity index (χ4v) is 4.32. The topological polar surface area (TPSA) is 105 Å². The molecule has 2 aliphatic heterocycles. The first kappa shape index (κ1) is 11.9. The summed E-state index contributed by atoms with van der Waals surface area (Å²) in [7, 11) is -2.88. The van der Waals surface area contributed by atoms with Crippen LogP contribution >= 0.6 is 0 Å². The average molecular weight is 271 g/mol. The van der Waals surface area contributed by atoms with Gasteiger partial charge in [0.05, 0.1) is 11.5 Å². The van der Waals surface area contributed by atoms with Gasteiger partial charge in [0.1, 0.15) is 5.82 Å². The molecule has 100 valence electrons. The Morgan fingerprint density at radius 3 is 2.83 bits per heavy atom. The maximum absolute atomic E-state index is 11.4. The van der Waals surface area contributed by atoms with E-state index in [2.05, 4.69) is 15.2 Å². The van der Waals surface area contributed by atoms with Crippen LogP contribution in [0.1, 0.15) is 24.6 Å². The Kier molecular flexibility index (Phi) is 2.78. The molecule has 3 heterocycles. The van der Waals surface area contributed by atoms with Crippen molar-refractivity contribution in [3.8, 4) is 0 Å². The van der Waals surface area contributed by atoms with Crippen LogP contribution in [0.3, 0.4) is 0 Å².